The Labute approximate surface area is 140 Å². The van der Waals surface area contributed by atoms with Crippen molar-refractivity contribution in [2.45, 2.75) is 25.5 Å². The van der Waals surface area contributed by atoms with E-state index in [-0.39, 0.29) is 29.5 Å². The maximum atomic E-state index is 13.5. The summed E-state index contributed by atoms with van der Waals surface area (Å²) < 4.78 is 24.5. The van der Waals surface area contributed by atoms with Crippen LogP contribution in [0.3, 0.4) is 0 Å². The molecule has 0 spiro atoms. The van der Waals surface area contributed by atoms with Gasteiger partial charge in [0.25, 0.3) is 5.91 Å². The molecule has 2 aliphatic rings. The fourth-order valence-corrected chi connectivity index (χ4v) is 3.47. The lowest BCUT2D eigenvalue weighted by atomic mass is 9.97. The third-order valence-corrected chi connectivity index (χ3v) is 4.67. The number of benzene rings is 1. The van der Waals surface area contributed by atoms with Gasteiger partial charge in [-0.3, -0.25) is 9.59 Å². The van der Waals surface area contributed by atoms with Crippen LogP contribution in [-0.4, -0.2) is 67.1 Å². The summed E-state index contributed by atoms with van der Waals surface area (Å²) in [6.45, 7) is 3.46. The van der Waals surface area contributed by atoms with Gasteiger partial charge in [-0.2, -0.15) is 0 Å². The molecule has 0 radical (unpaired) electrons. The predicted molar refractivity (Wildman–Crippen MR) is 84.4 cm³/mol. The molecule has 24 heavy (non-hydrogen) atoms. The van der Waals surface area contributed by atoms with E-state index in [0.29, 0.717) is 38.4 Å². The minimum Gasteiger partial charge on any atom is -0.496 e. The molecule has 2 aliphatic heterocycles. The molecule has 3 rings (SSSR count). The Morgan fingerprint density at radius 1 is 1.33 bits per heavy atom. The zero-order valence-electron chi connectivity index (χ0n) is 13.8. The molecule has 6 nitrogen and oxygen atoms in total. The number of ether oxygens (including phenoxy) is 2. The molecule has 2 fully saturated rings. The SMILES string of the molecule is COc1ccc(F)cc1C(=O)N1CCC2OCCN(C(C)=O)C2C1. The number of nitrogens with zero attached hydrogens (tertiary/aromatic N) is 2. The van der Waals surface area contributed by atoms with Crippen molar-refractivity contribution >= 4 is 11.8 Å². The van der Waals surface area contributed by atoms with Gasteiger partial charge in [0.05, 0.1) is 31.4 Å². The fraction of sp³-hybridized carbons (Fsp3) is 0.529. The van der Waals surface area contributed by atoms with Crippen molar-refractivity contribution in [2.75, 3.05) is 33.4 Å². The molecule has 7 heteroatoms. The average molecular weight is 336 g/mol. The second kappa shape index (κ2) is 6.76. The Kier molecular flexibility index (Phi) is 4.71. The highest BCUT2D eigenvalue weighted by Crippen LogP contribution is 2.27. The molecule has 1 aromatic rings. The first-order valence-corrected chi connectivity index (χ1v) is 8.03. The van der Waals surface area contributed by atoms with Crippen molar-refractivity contribution in [3.8, 4) is 5.75 Å². The van der Waals surface area contributed by atoms with Crippen LogP contribution in [0.2, 0.25) is 0 Å². The van der Waals surface area contributed by atoms with Gasteiger partial charge in [0.2, 0.25) is 5.91 Å². The maximum absolute atomic E-state index is 13.5. The van der Waals surface area contributed by atoms with Gasteiger partial charge in [0, 0.05) is 26.6 Å². The van der Waals surface area contributed by atoms with Gasteiger partial charge in [0.1, 0.15) is 11.6 Å². The average Bonchev–Trinajstić information content (AvgIpc) is 2.59. The van der Waals surface area contributed by atoms with Crippen molar-refractivity contribution in [2.24, 2.45) is 0 Å². The molecule has 0 aliphatic carbocycles. The molecule has 0 saturated carbocycles. The Morgan fingerprint density at radius 2 is 2.12 bits per heavy atom. The largest absolute Gasteiger partial charge is 0.496 e. The fourth-order valence-electron chi connectivity index (χ4n) is 3.47. The highest BCUT2D eigenvalue weighted by atomic mass is 19.1. The van der Waals surface area contributed by atoms with Crippen LogP contribution >= 0.6 is 0 Å². The van der Waals surface area contributed by atoms with E-state index < -0.39 is 5.82 Å². The van der Waals surface area contributed by atoms with Gasteiger partial charge in [0.15, 0.2) is 0 Å². The number of halogens is 1. The first kappa shape index (κ1) is 16.7. The topological polar surface area (TPSA) is 59.1 Å². The molecule has 0 aromatic heterocycles. The van der Waals surface area contributed by atoms with E-state index in [2.05, 4.69) is 0 Å². The molecule has 2 amide bonds. The number of carbonyl (C=O) groups is 2. The first-order valence-electron chi connectivity index (χ1n) is 8.03. The zero-order chi connectivity index (χ0) is 17.3. The monoisotopic (exact) mass is 336 g/mol. The van der Waals surface area contributed by atoms with Crippen LogP contribution in [0, 0.1) is 5.82 Å². The van der Waals surface area contributed by atoms with E-state index in [0.717, 1.165) is 0 Å². The number of fused-ring (bicyclic) bond motifs is 1. The van der Waals surface area contributed by atoms with Crippen LogP contribution < -0.4 is 4.74 Å². The molecule has 1 aromatic carbocycles. The van der Waals surface area contributed by atoms with E-state index in [9.17, 15) is 14.0 Å². The predicted octanol–water partition coefficient (Wildman–Crippen LogP) is 1.30. The Morgan fingerprint density at radius 3 is 2.83 bits per heavy atom. The second-order valence-corrected chi connectivity index (χ2v) is 6.07. The van der Waals surface area contributed by atoms with Gasteiger partial charge in [-0.1, -0.05) is 0 Å². The lowest BCUT2D eigenvalue weighted by molar-refractivity contribution is -0.149. The molecular weight excluding hydrogens is 315 g/mol. The van der Waals surface area contributed by atoms with Gasteiger partial charge in [-0.25, -0.2) is 4.39 Å². The van der Waals surface area contributed by atoms with Crippen LogP contribution in [-0.2, 0) is 9.53 Å². The van der Waals surface area contributed by atoms with Crippen molar-refractivity contribution in [3.63, 3.8) is 0 Å². The van der Waals surface area contributed by atoms with Crippen LogP contribution in [0.25, 0.3) is 0 Å². The Hall–Kier alpha value is -2.15. The summed E-state index contributed by atoms with van der Waals surface area (Å²) in [6.07, 6.45) is 0.596. The normalized spacial score (nSPS) is 23.6. The van der Waals surface area contributed by atoms with Crippen LogP contribution in [0.15, 0.2) is 18.2 Å². The molecule has 2 heterocycles. The number of likely N-dealkylation sites (tertiary alicyclic amines) is 1. The molecule has 2 saturated heterocycles. The van der Waals surface area contributed by atoms with E-state index in [1.165, 1.54) is 32.2 Å². The van der Waals surface area contributed by atoms with Gasteiger partial charge >= 0.3 is 0 Å². The summed E-state index contributed by atoms with van der Waals surface area (Å²) in [5.74, 6) is -0.461. The number of carbonyl (C=O) groups excluding carboxylic acids is 2. The summed E-state index contributed by atoms with van der Waals surface area (Å²) in [5, 5.41) is 0. The molecule has 0 bridgehead atoms. The number of morpholine rings is 1. The van der Waals surface area contributed by atoms with Crippen molar-refractivity contribution in [3.05, 3.63) is 29.6 Å². The molecule has 2 atom stereocenters. The highest BCUT2D eigenvalue weighted by Gasteiger charge is 2.40. The van der Waals surface area contributed by atoms with Crippen molar-refractivity contribution < 1.29 is 23.5 Å². The molecular formula is C17H21FN2O4. The Balaban J connectivity index is 1.82. The number of rotatable bonds is 2. The number of piperidine rings is 1. The third kappa shape index (κ3) is 3.08. The smallest absolute Gasteiger partial charge is 0.257 e. The van der Waals surface area contributed by atoms with E-state index in [1.54, 1.807) is 9.80 Å². The summed E-state index contributed by atoms with van der Waals surface area (Å²) >= 11 is 0. The summed E-state index contributed by atoms with van der Waals surface area (Å²) in [7, 11) is 1.45. The number of amides is 2. The van der Waals surface area contributed by atoms with Crippen LogP contribution in [0.4, 0.5) is 4.39 Å². The minimum absolute atomic E-state index is 0.0223. The van der Waals surface area contributed by atoms with Crippen molar-refractivity contribution in [1.29, 1.82) is 0 Å². The summed E-state index contributed by atoms with van der Waals surface area (Å²) in [5.41, 5.74) is 0.196. The third-order valence-electron chi connectivity index (χ3n) is 4.67. The van der Waals surface area contributed by atoms with Gasteiger partial charge < -0.3 is 19.3 Å². The first-order chi connectivity index (χ1) is 11.5. The lowest BCUT2D eigenvalue weighted by Crippen LogP contribution is -2.61. The van der Waals surface area contributed by atoms with Crippen LogP contribution in [0.1, 0.15) is 23.7 Å². The number of methoxy groups -OCH3 is 1. The lowest BCUT2D eigenvalue weighted by Gasteiger charge is -2.46. The zero-order valence-corrected chi connectivity index (χ0v) is 13.8. The minimum atomic E-state index is -0.486. The van der Waals surface area contributed by atoms with E-state index in [4.69, 9.17) is 9.47 Å². The van der Waals surface area contributed by atoms with E-state index >= 15 is 0 Å². The standard InChI is InChI=1S/C17H21FN2O4/c1-11(21)20-7-8-24-16-5-6-19(10-14(16)20)17(22)13-9-12(18)3-4-15(13)23-2/h3-4,9,14,16H,5-8,10H2,1-2H3. The summed E-state index contributed by atoms with van der Waals surface area (Å²) in [4.78, 5) is 28.1. The van der Waals surface area contributed by atoms with Gasteiger partial charge in [-0.05, 0) is 24.6 Å². The van der Waals surface area contributed by atoms with Gasteiger partial charge in [-0.15, -0.1) is 0 Å². The molecule has 0 N–H and O–H groups in total. The van der Waals surface area contributed by atoms with Crippen LogP contribution in [0.5, 0.6) is 5.75 Å². The molecule has 130 valence electrons. The van der Waals surface area contributed by atoms with E-state index in [1.807, 2.05) is 0 Å². The number of hydrogen-bond donors (Lipinski definition) is 0. The molecule has 2 unspecified atom stereocenters. The highest BCUT2D eigenvalue weighted by molar-refractivity contribution is 5.97. The number of hydrogen-bond acceptors (Lipinski definition) is 4. The summed E-state index contributed by atoms with van der Waals surface area (Å²) in [6, 6.07) is 3.73. The van der Waals surface area contributed by atoms with Crippen molar-refractivity contribution in [1.82, 2.24) is 9.80 Å². The quantitative estimate of drug-likeness (QED) is 0.817. The maximum Gasteiger partial charge on any atom is 0.257 e. The second-order valence-electron chi connectivity index (χ2n) is 6.07. The Bertz CT molecular complexity index is 651.